The van der Waals surface area contributed by atoms with Crippen molar-refractivity contribution >= 4 is 17.5 Å². The number of carbonyl (C=O) groups is 1. The van der Waals surface area contributed by atoms with E-state index in [4.69, 9.17) is 5.53 Å². The number of ketones is 1. The van der Waals surface area contributed by atoms with Gasteiger partial charge in [-0.2, -0.15) is 0 Å². The Kier molecular flexibility index (Phi) is 4.64. The van der Waals surface area contributed by atoms with Crippen LogP contribution in [0.15, 0.2) is 65.4 Å². The summed E-state index contributed by atoms with van der Waals surface area (Å²) >= 11 is 0. The fourth-order valence-electron chi connectivity index (χ4n) is 1.78. The highest BCUT2D eigenvalue weighted by Gasteiger charge is 2.13. The summed E-state index contributed by atoms with van der Waals surface area (Å²) in [7, 11) is 0. The Labute approximate surface area is 125 Å². The number of nitrogens with zero attached hydrogens (tertiary/aromatic N) is 4. The fourth-order valence-corrected chi connectivity index (χ4v) is 1.78. The van der Waals surface area contributed by atoms with Gasteiger partial charge in [-0.1, -0.05) is 35.4 Å². The molecule has 0 unspecified atom stereocenters. The molecule has 108 valence electrons. The summed E-state index contributed by atoms with van der Waals surface area (Å²) in [6, 6.07) is 14.0. The molecule has 0 bridgehead atoms. The number of rotatable bonds is 5. The minimum absolute atomic E-state index is 0.0810. The van der Waals surface area contributed by atoms with Gasteiger partial charge in [0.05, 0.1) is 10.6 Å². The molecule has 0 aliphatic rings. The Morgan fingerprint density at radius 3 is 2.32 bits per heavy atom. The van der Waals surface area contributed by atoms with Crippen molar-refractivity contribution in [2.45, 2.75) is 0 Å². The fraction of sp³-hybridized carbons (Fsp3) is 0. The lowest BCUT2D eigenvalue weighted by Crippen LogP contribution is -2.01. The van der Waals surface area contributed by atoms with Crippen LogP contribution >= 0.6 is 0 Å². The van der Waals surface area contributed by atoms with Crippen LogP contribution in [0.2, 0.25) is 0 Å². The largest absolute Gasteiger partial charge is 0.289 e. The molecule has 0 heterocycles. The molecule has 22 heavy (non-hydrogen) atoms. The van der Waals surface area contributed by atoms with E-state index in [0.29, 0.717) is 5.56 Å². The topological polar surface area (TPSA) is 109 Å². The number of nitro benzene ring substituents is 1. The first-order valence-electron chi connectivity index (χ1n) is 6.23. The van der Waals surface area contributed by atoms with E-state index in [0.717, 1.165) is 0 Å². The molecule has 0 spiro atoms. The van der Waals surface area contributed by atoms with E-state index in [1.54, 1.807) is 24.3 Å². The second kappa shape index (κ2) is 6.83. The van der Waals surface area contributed by atoms with Crippen LogP contribution in [0.1, 0.15) is 15.9 Å². The molecule has 0 fully saturated rings. The summed E-state index contributed by atoms with van der Waals surface area (Å²) in [6.07, 6.45) is 1.46. The first-order chi connectivity index (χ1) is 10.6. The Bertz CT molecular complexity index is 776. The summed E-state index contributed by atoms with van der Waals surface area (Å²) in [4.78, 5) is 25.0. The molecule has 0 saturated heterocycles. The molecule has 0 saturated carbocycles. The van der Waals surface area contributed by atoms with Gasteiger partial charge in [-0.25, -0.2) is 0 Å². The maximum absolute atomic E-state index is 12.3. The number of carbonyl (C=O) groups excluding carboxylic acids is 1. The van der Waals surface area contributed by atoms with E-state index in [1.807, 2.05) is 6.07 Å². The smallest absolute Gasteiger partial charge is 0.269 e. The summed E-state index contributed by atoms with van der Waals surface area (Å²) in [5.41, 5.74) is 9.32. The number of hydrogen-bond donors (Lipinski definition) is 0. The number of benzene rings is 2. The molecule has 7 heteroatoms. The lowest BCUT2D eigenvalue weighted by molar-refractivity contribution is -0.384. The van der Waals surface area contributed by atoms with E-state index in [2.05, 4.69) is 10.0 Å². The van der Waals surface area contributed by atoms with Gasteiger partial charge in [-0.15, -0.1) is 0 Å². The Morgan fingerprint density at radius 1 is 1.14 bits per heavy atom. The number of azide groups is 1. The molecule has 2 aromatic carbocycles. The molecule has 0 aliphatic carbocycles. The number of hydrogen-bond acceptors (Lipinski definition) is 4. The van der Waals surface area contributed by atoms with Crippen LogP contribution in [0.3, 0.4) is 0 Å². The Morgan fingerprint density at radius 2 is 1.77 bits per heavy atom. The highest BCUT2D eigenvalue weighted by atomic mass is 16.6. The van der Waals surface area contributed by atoms with E-state index in [-0.39, 0.29) is 16.9 Å². The first-order valence-corrected chi connectivity index (χ1v) is 6.23. The molecule has 0 atom stereocenters. The van der Waals surface area contributed by atoms with Gasteiger partial charge in [-0.3, -0.25) is 14.9 Å². The third-order valence-corrected chi connectivity index (χ3v) is 2.83. The normalized spacial score (nSPS) is 10.6. The summed E-state index contributed by atoms with van der Waals surface area (Å²) < 4.78 is 0. The predicted molar refractivity (Wildman–Crippen MR) is 81.0 cm³/mol. The summed E-state index contributed by atoms with van der Waals surface area (Å²) in [6.45, 7) is 0. The Hall–Kier alpha value is -3.44. The van der Waals surface area contributed by atoms with Crippen LogP contribution < -0.4 is 0 Å². The van der Waals surface area contributed by atoms with Gasteiger partial charge in [0.25, 0.3) is 5.69 Å². The van der Waals surface area contributed by atoms with Crippen molar-refractivity contribution in [3.05, 3.63) is 92.0 Å². The minimum atomic E-state index is -0.553. The number of nitro groups is 1. The molecule has 0 N–H and O–H groups in total. The lowest BCUT2D eigenvalue weighted by Gasteiger charge is -2.01. The predicted octanol–water partition coefficient (Wildman–Crippen LogP) is 4.13. The highest BCUT2D eigenvalue weighted by Crippen LogP contribution is 2.17. The quantitative estimate of drug-likeness (QED) is 0.157. The third kappa shape index (κ3) is 3.56. The van der Waals surface area contributed by atoms with Crippen LogP contribution in [-0.4, -0.2) is 10.7 Å². The van der Waals surface area contributed by atoms with Crippen LogP contribution in [0.5, 0.6) is 0 Å². The summed E-state index contributed by atoms with van der Waals surface area (Å²) in [5.74, 6) is -0.503. The standard InChI is InChI=1S/C15H10N4O3/c16-18-17-14(10-11-4-2-1-3-5-11)15(20)12-6-8-13(9-7-12)19(21)22/h1-10H. The van der Waals surface area contributed by atoms with Gasteiger partial charge in [0, 0.05) is 22.6 Å². The zero-order chi connectivity index (χ0) is 15.9. The molecule has 2 rings (SSSR count). The number of non-ortho nitro benzene ring substituents is 1. The minimum Gasteiger partial charge on any atom is -0.289 e. The monoisotopic (exact) mass is 294 g/mol. The second-order valence-electron chi connectivity index (χ2n) is 4.26. The van der Waals surface area contributed by atoms with E-state index in [9.17, 15) is 14.9 Å². The van der Waals surface area contributed by atoms with Gasteiger partial charge in [0.2, 0.25) is 0 Å². The van der Waals surface area contributed by atoms with E-state index >= 15 is 0 Å². The van der Waals surface area contributed by atoms with Crippen molar-refractivity contribution in [2.24, 2.45) is 5.11 Å². The van der Waals surface area contributed by atoms with E-state index in [1.165, 1.54) is 30.3 Å². The number of allylic oxidation sites excluding steroid dienone is 1. The van der Waals surface area contributed by atoms with Crippen molar-refractivity contribution in [1.82, 2.24) is 0 Å². The van der Waals surface area contributed by atoms with Gasteiger partial charge in [-0.05, 0) is 29.3 Å². The molecule has 0 aliphatic heterocycles. The summed E-state index contributed by atoms with van der Waals surface area (Å²) in [5, 5.41) is 14.0. The van der Waals surface area contributed by atoms with Crippen molar-refractivity contribution in [1.29, 1.82) is 0 Å². The molecule has 0 aromatic heterocycles. The lowest BCUT2D eigenvalue weighted by atomic mass is 10.1. The molecular formula is C15H10N4O3. The Balaban J connectivity index is 2.36. The second-order valence-corrected chi connectivity index (χ2v) is 4.26. The molecule has 7 nitrogen and oxygen atoms in total. The van der Waals surface area contributed by atoms with Crippen LogP contribution in [-0.2, 0) is 0 Å². The van der Waals surface area contributed by atoms with Gasteiger partial charge in [0.15, 0.2) is 5.78 Å². The van der Waals surface area contributed by atoms with Crippen molar-refractivity contribution < 1.29 is 9.72 Å². The van der Waals surface area contributed by atoms with Crippen molar-refractivity contribution in [3.8, 4) is 0 Å². The van der Waals surface area contributed by atoms with E-state index < -0.39 is 10.7 Å². The zero-order valence-electron chi connectivity index (χ0n) is 11.3. The first kappa shape index (κ1) is 15.0. The van der Waals surface area contributed by atoms with Crippen molar-refractivity contribution in [3.63, 3.8) is 0 Å². The molecule has 0 radical (unpaired) electrons. The van der Waals surface area contributed by atoms with Crippen LogP contribution in [0.25, 0.3) is 16.5 Å². The van der Waals surface area contributed by atoms with Gasteiger partial charge in [0.1, 0.15) is 0 Å². The SMILES string of the molecule is [N-]=[N+]=NC(=Cc1ccccc1)C(=O)c1ccc([N+](=O)[O-])cc1. The third-order valence-electron chi connectivity index (χ3n) is 2.83. The van der Waals surface area contributed by atoms with Crippen LogP contribution in [0.4, 0.5) is 5.69 Å². The van der Waals surface area contributed by atoms with Gasteiger partial charge < -0.3 is 0 Å². The highest BCUT2D eigenvalue weighted by molar-refractivity contribution is 6.11. The molecule has 2 aromatic rings. The number of Topliss-reactive ketones (excluding diaryl/α,β-unsaturated/α-hetero) is 1. The molecule has 0 amide bonds. The van der Waals surface area contributed by atoms with Gasteiger partial charge >= 0.3 is 0 Å². The average Bonchev–Trinajstić information content (AvgIpc) is 2.55. The van der Waals surface area contributed by atoms with Crippen molar-refractivity contribution in [2.75, 3.05) is 0 Å². The zero-order valence-corrected chi connectivity index (χ0v) is 11.3. The average molecular weight is 294 g/mol. The maximum atomic E-state index is 12.3. The molecular weight excluding hydrogens is 284 g/mol. The van der Waals surface area contributed by atoms with Crippen LogP contribution in [0, 0.1) is 10.1 Å². The maximum Gasteiger partial charge on any atom is 0.269 e.